The van der Waals surface area contributed by atoms with E-state index in [2.05, 4.69) is 18.8 Å². The number of carbonyl (C=O) groups excluding carboxylic acids is 1. The number of aryl methyl sites for hydroxylation is 1. The standard InChI is InChI=1S/C21H21N3O2S/c1-4-11-24-17-12-15(8-9-18(17)26-13(2)21(24)25)19-14(3)27-20(23-19)16-7-5-6-10-22-16/h5-10,12-13H,4,11H2,1-3H3. The van der Waals surface area contributed by atoms with Crippen LogP contribution in [-0.2, 0) is 4.79 Å². The summed E-state index contributed by atoms with van der Waals surface area (Å²) in [5.74, 6) is 0.753. The van der Waals surface area contributed by atoms with E-state index >= 15 is 0 Å². The molecule has 0 radical (unpaired) electrons. The Hall–Kier alpha value is -2.73. The molecule has 1 aromatic carbocycles. The van der Waals surface area contributed by atoms with E-state index in [1.165, 1.54) is 0 Å². The van der Waals surface area contributed by atoms with Crippen LogP contribution in [0.15, 0.2) is 42.6 Å². The van der Waals surface area contributed by atoms with Gasteiger partial charge >= 0.3 is 0 Å². The van der Waals surface area contributed by atoms with Gasteiger partial charge in [-0.15, -0.1) is 11.3 Å². The average molecular weight is 379 g/mol. The first kappa shape index (κ1) is 17.7. The molecule has 1 unspecified atom stereocenters. The van der Waals surface area contributed by atoms with Crippen LogP contribution in [0.5, 0.6) is 5.75 Å². The minimum absolute atomic E-state index is 0.00525. The van der Waals surface area contributed by atoms with Gasteiger partial charge in [0.25, 0.3) is 5.91 Å². The van der Waals surface area contributed by atoms with E-state index in [9.17, 15) is 4.79 Å². The molecular weight excluding hydrogens is 358 g/mol. The van der Waals surface area contributed by atoms with Crippen molar-refractivity contribution >= 4 is 22.9 Å². The van der Waals surface area contributed by atoms with Crippen molar-refractivity contribution < 1.29 is 9.53 Å². The average Bonchev–Trinajstić information content (AvgIpc) is 3.08. The molecule has 0 saturated heterocycles. The third-order valence-electron chi connectivity index (χ3n) is 4.57. The fraction of sp³-hybridized carbons (Fsp3) is 0.286. The molecule has 4 rings (SSSR count). The topological polar surface area (TPSA) is 55.3 Å². The van der Waals surface area contributed by atoms with Gasteiger partial charge in [0.1, 0.15) is 10.8 Å². The van der Waals surface area contributed by atoms with Crippen LogP contribution in [0.1, 0.15) is 25.1 Å². The second-order valence-corrected chi connectivity index (χ2v) is 7.77. The second kappa shape index (κ2) is 7.12. The summed E-state index contributed by atoms with van der Waals surface area (Å²) in [5.41, 5.74) is 3.60. The van der Waals surface area contributed by atoms with Gasteiger partial charge in [0.15, 0.2) is 6.10 Å². The molecule has 0 bridgehead atoms. The van der Waals surface area contributed by atoms with Crippen LogP contribution >= 0.6 is 11.3 Å². The van der Waals surface area contributed by atoms with E-state index in [-0.39, 0.29) is 5.91 Å². The van der Waals surface area contributed by atoms with Gasteiger partial charge < -0.3 is 9.64 Å². The fourth-order valence-corrected chi connectivity index (χ4v) is 4.18. The van der Waals surface area contributed by atoms with E-state index in [1.54, 1.807) is 24.5 Å². The lowest BCUT2D eigenvalue weighted by atomic mass is 10.1. The van der Waals surface area contributed by atoms with Crippen LogP contribution in [0.2, 0.25) is 0 Å². The first-order chi connectivity index (χ1) is 13.1. The Balaban J connectivity index is 1.76. The highest BCUT2D eigenvalue weighted by Crippen LogP contribution is 2.39. The summed E-state index contributed by atoms with van der Waals surface area (Å²) in [4.78, 5) is 24.7. The number of benzene rings is 1. The third kappa shape index (κ3) is 3.21. The summed E-state index contributed by atoms with van der Waals surface area (Å²) >= 11 is 1.63. The van der Waals surface area contributed by atoms with Crippen molar-refractivity contribution in [3.05, 3.63) is 47.5 Å². The quantitative estimate of drug-likeness (QED) is 0.659. The SMILES string of the molecule is CCCN1C(=O)C(C)Oc2ccc(-c3nc(-c4ccccn4)sc3C)cc21. The van der Waals surface area contributed by atoms with Gasteiger partial charge in [-0.25, -0.2) is 4.98 Å². The lowest BCUT2D eigenvalue weighted by molar-refractivity contribution is -0.125. The zero-order valence-corrected chi connectivity index (χ0v) is 16.4. The first-order valence-corrected chi connectivity index (χ1v) is 9.91. The van der Waals surface area contributed by atoms with Gasteiger partial charge in [-0.2, -0.15) is 0 Å². The molecule has 2 aromatic heterocycles. The Labute approximate surface area is 162 Å². The Morgan fingerprint density at radius 3 is 2.85 bits per heavy atom. The molecule has 3 aromatic rings. The van der Waals surface area contributed by atoms with Crippen LogP contribution in [0.4, 0.5) is 5.69 Å². The highest BCUT2D eigenvalue weighted by atomic mass is 32.1. The molecule has 27 heavy (non-hydrogen) atoms. The molecule has 0 fully saturated rings. The maximum absolute atomic E-state index is 12.6. The Kier molecular flexibility index (Phi) is 4.66. The number of ether oxygens (including phenoxy) is 1. The van der Waals surface area contributed by atoms with Gasteiger partial charge in [0, 0.05) is 23.2 Å². The van der Waals surface area contributed by atoms with Gasteiger partial charge in [-0.05, 0) is 50.6 Å². The predicted molar refractivity (Wildman–Crippen MR) is 108 cm³/mol. The number of hydrogen-bond acceptors (Lipinski definition) is 5. The monoisotopic (exact) mass is 379 g/mol. The van der Waals surface area contributed by atoms with Crippen molar-refractivity contribution in [2.45, 2.75) is 33.3 Å². The largest absolute Gasteiger partial charge is 0.479 e. The number of nitrogens with zero attached hydrogens (tertiary/aromatic N) is 3. The normalized spacial score (nSPS) is 16.2. The maximum Gasteiger partial charge on any atom is 0.267 e. The van der Waals surface area contributed by atoms with Crippen LogP contribution < -0.4 is 9.64 Å². The number of fused-ring (bicyclic) bond motifs is 1. The summed E-state index contributed by atoms with van der Waals surface area (Å²) in [7, 11) is 0. The lowest BCUT2D eigenvalue weighted by Crippen LogP contribution is -2.44. The molecule has 6 heteroatoms. The number of hydrogen-bond donors (Lipinski definition) is 0. The molecule has 0 spiro atoms. The minimum Gasteiger partial charge on any atom is -0.479 e. The lowest BCUT2D eigenvalue weighted by Gasteiger charge is -2.33. The molecule has 1 aliphatic heterocycles. The van der Waals surface area contributed by atoms with Crippen molar-refractivity contribution in [2.24, 2.45) is 0 Å². The zero-order valence-electron chi connectivity index (χ0n) is 15.6. The highest BCUT2D eigenvalue weighted by Gasteiger charge is 2.31. The summed E-state index contributed by atoms with van der Waals surface area (Å²) in [6.07, 6.45) is 2.21. The second-order valence-electron chi connectivity index (χ2n) is 6.57. The number of rotatable bonds is 4. The van der Waals surface area contributed by atoms with Gasteiger partial charge in [0.2, 0.25) is 0 Å². The third-order valence-corrected chi connectivity index (χ3v) is 5.56. The molecule has 138 valence electrons. The number of pyridine rings is 1. The number of amides is 1. The predicted octanol–water partition coefficient (Wildman–Crippen LogP) is 4.70. The molecule has 1 atom stereocenters. The summed E-state index contributed by atoms with van der Waals surface area (Å²) in [5, 5.41) is 0.896. The van der Waals surface area contributed by atoms with E-state index in [0.717, 1.165) is 44.7 Å². The van der Waals surface area contributed by atoms with Gasteiger partial charge in [-0.1, -0.05) is 13.0 Å². The Morgan fingerprint density at radius 2 is 2.11 bits per heavy atom. The summed E-state index contributed by atoms with van der Waals surface area (Å²) < 4.78 is 5.80. The molecule has 1 amide bonds. The first-order valence-electron chi connectivity index (χ1n) is 9.09. The van der Waals surface area contributed by atoms with Gasteiger partial charge in [-0.3, -0.25) is 9.78 Å². The molecule has 3 heterocycles. The van der Waals surface area contributed by atoms with Crippen molar-refractivity contribution in [3.8, 4) is 27.7 Å². The molecule has 1 aliphatic rings. The minimum atomic E-state index is -0.452. The van der Waals surface area contributed by atoms with Gasteiger partial charge in [0.05, 0.1) is 17.1 Å². The van der Waals surface area contributed by atoms with E-state index in [0.29, 0.717) is 6.54 Å². The highest BCUT2D eigenvalue weighted by molar-refractivity contribution is 7.15. The van der Waals surface area contributed by atoms with Crippen LogP contribution in [-0.4, -0.2) is 28.5 Å². The van der Waals surface area contributed by atoms with Crippen molar-refractivity contribution in [1.82, 2.24) is 9.97 Å². The van der Waals surface area contributed by atoms with Crippen LogP contribution in [0, 0.1) is 6.92 Å². The zero-order chi connectivity index (χ0) is 19.0. The molecule has 0 aliphatic carbocycles. The van der Waals surface area contributed by atoms with E-state index < -0.39 is 6.10 Å². The number of carbonyl (C=O) groups is 1. The number of aromatic nitrogens is 2. The van der Waals surface area contributed by atoms with Crippen LogP contribution in [0.25, 0.3) is 22.0 Å². The fourth-order valence-electron chi connectivity index (χ4n) is 3.27. The molecule has 0 saturated carbocycles. The Bertz CT molecular complexity index is 984. The molecule has 0 N–H and O–H groups in total. The van der Waals surface area contributed by atoms with Crippen LogP contribution in [0.3, 0.4) is 0 Å². The molecule has 5 nitrogen and oxygen atoms in total. The summed E-state index contributed by atoms with van der Waals surface area (Å²) in [6, 6.07) is 11.8. The van der Waals surface area contributed by atoms with Crippen molar-refractivity contribution in [1.29, 1.82) is 0 Å². The maximum atomic E-state index is 12.6. The Morgan fingerprint density at radius 1 is 1.26 bits per heavy atom. The number of thiazole rings is 1. The van der Waals surface area contributed by atoms with Crippen molar-refractivity contribution in [3.63, 3.8) is 0 Å². The number of anilines is 1. The van der Waals surface area contributed by atoms with E-state index in [4.69, 9.17) is 9.72 Å². The summed E-state index contributed by atoms with van der Waals surface area (Å²) in [6.45, 7) is 6.61. The van der Waals surface area contributed by atoms with E-state index in [1.807, 2.05) is 41.3 Å². The smallest absolute Gasteiger partial charge is 0.267 e. The van der Waals surface area contributed by atoms with Crippen molar-refractivity contribution in [2.75, 3.05) is 11.4 Å². The molecular formula is C21H21N3O2S.